The van der Waals surface area contributed by atoms with Gasteiger partial charge in [-0.15, -0.1) is 12.6 Å². The highest BCUT2D eigenvalue weighted by atomic mass is 79.9. The van der Waals surface area contributed by atoms with Crippen LogP contribution in [0.25, 0.3) is 0 Å². The minimum atomic E-state index is -4.39. The Kier molecular flexibility index (Phi) is 4.15. The van der Waals surface area contributed by atoms with Crippen molar-refractivity contribution in [1.82, 2.24) is 4.90 Å². The molecule has 1 aliphatic carbocycles. The second kappa shape index (κ2) is 5.36. The number of amides is 1. The quantitative estimate of drug-likeness (QED) is 0.817. The van der Waals surface area contributed by atoms with E-state index in [0.717, 1.165) is 4.90 Å². The van der Waals surface area contributed by atoms with Crippen LogP contribution in [0.1, 0.15) is 23.2 Å². The molecular formula is C12H11BrF3NOS. The van der Waals surface area contributed by atoms with Crippen molar-refractivity contribution in [3.63, 3.8) is 0 Å². The molecule has 0 radical (unpaired) electrons. The van der Waals surface area contributed by atoms with Crippen LogP contribution in [0.4, 0.5) is 13.2 Å². The zero-order valence-corrected chi connectivity index (χ0v) is 12.2. The average molecular weight is 354 g/mol. The summed E-state index contributed by atoms with van der Waals surface area (Å²) in [5.74, 6) is -0.609. The zero-order valence-electron chi connectivity index (χ0n) is 9.75. The van der Waals surface area contributed by atoms with Crippen LogP contribution in [0, 0.1) is 0 Å². The Labute approximate surface area is 122 Å². The van der Waals surface area contributed by atoms with Crippen LogP contribution in [0.3, 0.4) is 0 Å². The Morgan fingerprint density at radius 1 is 1.42 bits per heavy atom. The molecule has 0 N–H and O–H groups in total. The predicted octanol–water partition coefficient (Wildman–Crippen LogP) is 3.90. The van der Waals surface area contributed by atoms with E-state index in [2.05, 4.69) is 28.6 Å². The number of benzene rings is 1. The number of alkyl halides is 3. The van der Waals surface area contributed by atoms with Crippen LogP contribution in [0.15, 0.2) is 27.6 Å². The van der Waals surface area contributed by atoms with Crippen molar-refractivity contribution in [2.24, 2.45) is 0 Å². The summed E-state index contributed by atoms with van der Waals surface area (Å²) < 4.78 is 38.1. The minimum absolute atomic E-state index is 0.212. The standard InChI is InChI=1S/C12H11BrF3NOS/c13-10-4-3-8(19)5-9(10)11(18)17(7-1-2-7)6-12(14,15)16/h3-5,7,19H,1-2,6H2. The van der Waals surface area contributed by atoms with E-state index in [0.29, 0.717) is 22.2 Å². The van der Waals surface area contributed by atoms with Gasteiger partial charge in [0.15, 0.2) is 0 Å². The highest BCUT2D eigenvalue weighted by Gasteiger charge is 2.41. The molecule has 2 nitrogen and oxygen atoms in total. The van der Waals surface area contributed by atoms with Gasteiger partial charge >= 0.3 is 6.18 Å². The molecule has 0 aromatic heterocycles. The first-order chi connectivity index (χ1) is 8.78. The van der Waals surface area contributed by atoms with Gasteiger partial charge in [-0.1, -0.05) is 0 Å². The lowest BCUT2D eigenvalue weighted by atomic mass is 10.2. The van der Waals surface area contributed by atoms with Crippen LogP contribution in [-0.2, 0) is 0 Å². The van der Waals surface area contributed by atoms with Crippen LogP contribution < -0.4 is 0 Å². The summed E-state index contributed by atoms with van der Waals surface area (Å²) in [6, 6.07) is 4.44. The summed E-state index contributed by atoms with van der Waals surface area (Å²) in [5.41, 5.74) is 0.212. The van der Waals surface area contributed by atoms with Crippen molar-refractivity contribution in [3.05, 3.63) is 28.2 Å². The highest BCUT2D eigenvalue weighted by Crippen LogP contribution is 2.33. The third kappa shape index (κ3) is 3.89. The molecule has 104 valence electrons. The van der Waals surface area contributed by atoms with Gasteiger partial charge in [0.25, 0.3) is 5.91 Å². The van der Waals surface area contributed by atoms with Crippen molar-refractivity contribution in [3.8, 4) is 0 Å². The summed E-state index contributed by atoms with van der Waals surface area (Å²) in [5, 5.41) is 0. The maximum Gasteiger partial charge on any atom is 0.406 e. The van der Waals surface area contributed by atoms with Gasteiger partial charge in [0.2, 0.25) is 0 Å². The number of hydrogen-bond acceptors (Lipinski definition) is 2. The third-order valence-electron chi connectivity index (χ3n) is 2.78. The first-order valence-corrected chi connectivity index (χ1v) is 6.88. The molecule has 0 spiro atoms. The molecule has 1 fully saturated rings. The first kappa shape index (κ1) is 14.7. The minimum Gasteiger partial charge on any atom is -0.327 e. The molecule has 1 amide bonds. The van der Waals surface area contributed by atoms with Crippen molar-refractivity contribution in [2.45, 2.75) is 30.0 Å². The Hall–Kier alpha value is -0.690. The van der Waals surface area contributed by atoms with Crippen LogP contribution in [-0.4, -0.2) is 29.6 Å². The number of rotatable bonds is 3. The largest absolute Gasteiger partial charge is 0.406 e. The van der Waals surface area contributed by atoms with Crippen LogP contribution in [0.2, 0.25) is 0 Å². The Balaban J connectivity index is 2.26. The molecule has 0 aliphatic heterocycles. The van der Waals surface area contributed by atoms with E-state index in [9.17, 15) is 18.0 Å². The average Bonchev–Trinajstić information content (AvgIpc) is 3.11. The summed E-state index contributed by atoms with van der Waals surface area (Å²) in [6.07, 6.45) is -3.14. The van der Waals surface area contributed by atoms with E-state index >= 15 is 0 Å². The molecule has 0 atom stereocenters. The highest BCUT2D eigenvalue weighted by molar-refractivity contribution is 9.10. The second-order valence-electron chi connectivity index (χ2n) is 4.44. The summed E-state index contributed by atoms with van der Waals surface area (Å²) in [7, 11) is 0. The number of carbonyl (C=O) groups is 1. The van der Waals surface area contributed by atoms with Gasteiger partial charge in [-0.25, -0.2) is 0 Å². The van der Waals surface area contributed by atoms with Crippen molar-refractivity contribution < 1.29 is 18.0 Å². The lowest BCUT2D eigenvalue weighted by Crippen LogP contribution is -2.40. The number of thiol groups is 1. The van der Waals surface area contributed by atoms with Gasteiger partial charge in [-0.05, 0) is 47.0 Å². The normalized spacial score (nSPS) is 15.4. The smallest absolute Gasteiger partial charge is 0.327 e. The number of hydrogen-bond donors (Lipinski definition) is 1. The van der Waals surface area contributed by atoms with E-state index in [-0.39, 0.29) is 11.6 Å². The van der Waals surface area contributed by atoms with Gasteiger partial charge in [-0.3, -0.25) is 4.79 Å². The van der Waals surface area contributed by atoms with Crippen LogP contribution >= 0.6 is 28.6 Å². The molecule has 1 aromatic carbocycles. The molecule has 0 bridgehead atoms. The number of carbonyl (C=O) groups excluding carboxylic acids is 1. The maximum absolute atomic E-state index is 12.5. The molecule has 0 saturated heterocycles. The van der Waals surface area contributed by atoms with Gasteiger partial charge in [0, 0.05) is 15.4 Å². The van der Waals surface area contributed by atoms with Gasteiger partial charge in [-0.2, -0.15) is 13.2 Å². The van der Waals surface area contributed by atoms with Crippen molar-refractivity contribution >= 4 is 34.5 Å². The van der Waals surface area contributed by atoms with Crippen molar-refractivity contribution in [2.75, 3.05) is 6.54 Å². The second-order valence-corrected chi connectivity index (χ2v) is 5.81. The molecular weight excluding hydrogens is 343 g/mol. The van der Waals surface area contributed by atoms with Gasteiger partial charge in [0.05, 0.1) is 5.56 Å². The van der Waals surface area contributed by atoms with E-state index < -0.39 is 18.6 Å². The first-order valence-electron chi connectivity index (χ1n) is 5.64. The summed E-state index contributed by atoms with van der Waals surface area (Å²) in [6.45, 7) is -1.21. The molecule has 1 aromatic rings. The van der Waals surface area contributed by atoms with Crippen molar-refractivity contribution in [1.29, 1.82) is 0 Å². The zero-order chi connectivity index (χ0) is 14.2. The fourth-order valence-corrected chi connectivity index (χ4v) is 2.40. The Morgan fingerprint density at radius 2 is 2.05 bits per heavy atom. The molecule has 0 unspecified atom stereocenters. The van der Waals surface area contributed by atoms with E-state index in [4.69, 9.17) is 0 Å². The molecule has 7 heteroatoms. The molecule has 1 aliphatic rings. The molecule has 19 heavy (non-hydrogen) atoms. The predicted molar refractivity (Wildman–Crippen MR) is 71.5 cm³/mol. The summed E-state index contributed by atoms with van der Waals surface area (Å²) >= 11 is 7.29. The number of nitrogens with zero attached hydrogens (tertiary/aromatic N) is 1. The lowest BCUT2D eigenvalue weighted by molar-refractivity contribution is -0.141. The van der Waals surface area contributed by atoms with E-state index in [1.807, 2.05) is 0 Å². The van der Waals surface area contributed by atoms with E-state index in [1.165, 1.54) is 6.07 Å². The third-order valence-corrected chi connectivity index (χ3v) is 3.75. The number of halogens is 4. The topological polar surface area (TPSA) is 20.3 Å². The lowest BCUT2D eigenvalue weighted by Gasteiger charge is -2.24. The molecule has 2 rings (SSSR count). The van der Waals surface area contributed by atoms with Gasteiger partial charge in [0.1, 0.15) is 6.54 Å². The summed E-state index contributed by atoms with van der Waals surface area (Å²) in [4.78, 5) is 13.7. The Bertz CT molecular complexity index is 502. The SMILES string of the molecule is O=C(c1cc(S)ccc1Br)N(CC(F)(F)F)C1CC1. The molecule has 1 saturated carbocycles. The molecule has 0 heterocycles. The van der Waals surface area contributed by atoms with E-state index in [1.54, 1.807) is 12.1 Å². The Morgan fingerprint density at radius 3 is 2.58 bits per heavy atom. The maximum atomic E-state index is 12.5. The van der Waals surface area contributed by atoms with Crippen LogP contribution in [0.5, 0.6) is 0 Å². The fraction of sp³-hybridized carbons (Fsp3) is 0.417. The fourth-order valence-electron chi connectivity index (χ4n) is 1.78. The van der Waals surface area contributed by atoms with Gasteiger partial charge < -0.3 is 4.90 Å². The monoisotopic (exact) mass is 353 g/mol.